The number of aromatic amines is 1. The topological polar surface area (TPSA) is 75.6 Å². The third-order valence-corrected chi connectivity index (χ3v) is 2.85. The number of nitrogens with zero attached hydrogens (tertiary/aromatic N) is 3. The van der Waals surface area contributed by atoms with Crippen LogP contribution in [0, 0.1) is 13.8 Å². The van der Waals surface area contributed by atoms with Crippen LogP contribution in [0.3, 0.4) is 0 Å². The molecule has 0 saturated heterocycles. The number of hydrogen-bond acceptors (Lipinski definition) is 3. The van der Waals surface area contributed by atoms with E-state index in [-0.39, 0.29) is 5.91 Å². The zero-order valence-corrected chi connectivity index (χ0v) is 10.1. The molecule has 0 aliphatic rings. The second kappa shape index (κ2) is 4.40. The fraction of sp³-hybridized carbons (Fsp3) is 0.364. The largest absolute Gasteiger partial charge is 0.348 e. The van der Waals surface area contributed by atoms with Gasteiger partial charge in [0.15, 0.2) is 0 Å². The van der Waals surface area contributed by atoms with Crippen LogP contribution in [-0.4, -0.2) is 25.9 Å². The first-order valence-corrected chi connectivity index (χ1v) is 5.35. The maximum Gasteiger partial charge on any atom is 0.255 e. The van der Waals surface area contributed by atoms with Crippen molar-refractivity contribution in [1.82, 2.24) is 25.3 Å². The molecule has 1 amide bonds. The van der Waals surface area contributed by atoms with E-state index in [0.717, 1.165) is 17.0 Å². The van der Waals surface area contributed by atoms with Gasteiger partial charge >= 0.3 is 0 Å². The smallest absolute Gasteiger partial charge is 0.255 e. The Morgan fingerprint density at radius 1 is 1.47 bits per heavy atom. The molecule has 0 bridgehead atoms. The molecule has 0 aromatic carbocycles. The monoisotopic (exact) mass is 233 g/mol. The molecule has 6 heteroatoms. The van der Waals surface area contributed by atoms with Gasteiger partial charge in [-0.15, -0.1) is 0 Å². The molecule has 90 valence electrons. The Bertz CT molecular complexity index is 540. The van der Waals surface area contributed by atoms with Gasteiger partial charge in [-0.1, -0.05) is 0 Å². The van der Waals surface area contributed by atoms with Crippen LogP contribution in [0.5, 0.6) is 0 Å². The quantitative estimate of drug-likeness (QED) is 0.819. The lowest BCUT2D eigenvalue weighted by atomic mass is 10.2. The van der Waals surface area contributed by atoms with Crippen LogP contribution in [-0.2, 0) is 13.6 Å². The number of hydrogen-bond donors (Lipinski definition) is 2. The zero-order chi connectivity index (χ0) is 12.4. The molecule has 0 fully saturated rings. The molecule has 0 aliphatic carbocycles. The van der Waals surface area contributed by atoms with Crippen molar-refractivity contribution >= 4 is 5.91 Å². The first-order chi connectivity index (χ1) is 8.09. The minimum atomic E-state index is -0.125. The zero-order valence-electron chi connectivity index (χ0n) is 10.1. The van der Waals surface area contributed by atoms with E-state index >= 15 is 0 Å². The average molecular weight is 233 g/mol. The summed E-state index contributed by atoms with van der Waals surface area (Å²) in [6.07, 6.45) is 3.29. The minimum absolute atomic E-state index is 0.125. The molecule has 2 aromatic rings. The predicted molar refractivity (Wildman–Crippen MR) is 62.4 cm³/mol. The second-order valence-corrected chi connectivity index (χ2v) is 3.97. The van der Waals surface area contributed by atoms with Gasteiger partial charge < -0.3 is 5.32 Å². The lowest BCUT2D eigenvalue weighted by molar-refractivity contribution is 0.0950. The van der Waals surface area contributed by atoms with Crippen molar-refractivity contribution < 1.29 is 4.79 Å². The summed E-state index contributed by atoms with van der Waals surface area (Å²) in [5, 5.41) is 13.5. The summed E-state index contributed by atoms with van der Waals surface area (Å²) in [4.78, 5) is 11.8. The van der Waals surface area contributed by atoms with Gasteiger partial charge in [0, 0.05) is 30.5 Å². The summed E-state index contributed by atoms with van der Waals surface area (Å²) in [5.41, 5.74) is 3.41. The van der Waals surface area contributed by atoms with Crippen LogP contribution in [0.2, 0.25) is 0 Å². The lowest BCUT2D eigenvalue weighted by Crippen LogP contribution is -2.23. The first kappa shape index (κ1) is 11.4. The van der Waals surface area contributed by atoms with E-state index < -0.39 is 0 Å². The molecule has 0 saturated carbocycles. The van der Waals surface area contributed by atoms with Gasteiger partial charge in [0.05, 0.1) is 18.0 Å². The maximum absolute atomic E-state index is 11.8. The second-order valence-electron chi connectivity index (χ2n) is 3.97. The summed E-state index contributed by atoms with van der Waals surface area (Å²) in [7, 11) is 1.88. The highest BCUT2D eigenvalue weighted by molar-refractivity contribution is 5.94. The van der Waals surface area contributed by atoms with Crippen molar-refractivity contribution in [2.75, 3.05) is 0 Å². The summed E-state index contributed by atoms with van der Waals surface area (Å²) in [6.45, 7) is 4.26. The average Bonchev–Trinajstić information content (AvgIpc) is 2.85. The molecule has 0 aliphatic heterocycles. The number of rotatable bonds is 3. The highest BCUT2D eigenvalue weighted by Gasteiger charge is 2.11. The number of carbonyl (C=O) groups is 1. The molecular formula is C11H15N5O. The Balaban J connectivity index is 2.02. The molecule has 0 spiro atoms. The van der Waals surface area contributed by atoms with Crippen molar-refractivity contribution in [3.05, 3.63) is 34.9 Å². The van der Waals surface area contributed by atoms with Crippen LogP contribution in [0.4, 0.5) is 0 Å². The van der Waals surface area contributed by atoms with Crippen LogP contribution < -0.4 is 5.32 Å². The van der Waals surface area contributed by atoms with E-state index in [1.807, 2.05) is 20.9 Å². The van der Waals surface area contributed by atoms with Crippen LogP contribution >= 0.6 is 0 Å². The molecule has 2 heterocycles. The molecule has 2 N–H and O–H groups in total. The molecule has 6 nitrogen and oxygen atoms in total. The lowest BCUT2D eigenvalue weighted by Gasteiger charge is -2.04. The normalized spacial score (nSPS) is 10.5. The van der Waals surface area contributed by atoms with Crippen molar-refractivity contribution in [2.24, 2.45) is 7.05 Å². The SMILES string of the molecule is Cc1[nH]ncc1C(=O)NCc1cnn(C)c1C. The molecule has 17 heavy (non-hydrogen) atoms. The summed E-state index contributed by atoms with van der Waals surface area (Å²) in [6, 6.07) is 0. The highest BCUT2D eigenvalue weighted by Crippen LogP contribution is 2.06. The van der Waals surface area contributed by atoms with E-state index in [1.54, 1.807) is 10.9 Å². The van der Waals surface area contributed by atoms with Crippen molar-refractivity contribution in [3.8, 4) is 0 Å². The molecule has 2 rings (SSSR count). The minimum Gasteiger partial charge on any atom is -0.348 e. The third-order valence-electron chi connectivity index (χ3n) is 2.85. The van der Waals surface area contributed by atoms with Gasteiger partial charge in [0.25, 0.3) is 5.91 Å². The molecule has 0 unspecified atom stereocenters. The number of H-pyrrole nitrogens is 1. The van der Waals surface area contributed by atoms with E-state index in [4.69, 9.17) is 0 Å². The highest BCUT2D eigenvalue weighted by atomic mass is 16.1. The number of amides is 1. The summed E-state index contributed by atoms with van der Waals surface area (Å²) in [5.74, 6) is -0.125. The Kier molecular flexibility index (Phi) is 2.95. The number of aryl methyl sites for hydroxylation is 2. The van der Waals surface area contributed by atoms with E-state index in [2.05, 4.69) is 20.6 Å². The van der Waals surface area contributed by atoms with Gasteiger partial charge in [0.1, 0.15) is 0 Å². The van der Waals surface area contributed by atoms with Crippen LogP contribution in [0.1, 0.15) is 27.3 Å². The number of carbonyl (C=O) groups excluding carboxylic acids is 1. The first-order valence-electron chi connectivity index (χ1n) is 5.35. The van der Waals surface area contributed by atoms with Gasteiger partial charge in [-0.05, 0) is 13.8 Å². The maximum atomic E-state index is 11.8. The molecule has 0 atom stereocenters. The van der Waals surface area contributed by atoms with E-state index in [0.29, 0.717) is 12.1 Å². The fourth-order valence-corrected chi connectivity index (χ4v) is 1.57. The van der Waals surface area contributed by atoms with E-state index in [9.17, 15) is 4.79 Å². The molecular weight excluding hydrogens is 218 g/mol. The Morgan fingerprint density at radius 2 is 2.24 bits per heavy atom. The van der Waals surface area contributed by atoms with Gasteiger partial charge in [-0.25, -0.2) is 0 Å². The van der Waals surface area contributed by atoms with Gasteiger partial charge in [0.2, 0.25) is 0 Å². The Hall–Kier alpha value is -2.11. The standard InChI is InChI=1S/C11H15N5O/c1-7-10(6-13-15-7)11(17)12-4-9-5-14-16(3)8(9)2/h5-6H,4H2,1-3H3,(H,12,17)(H,13,15). The molecule has 0 radical (unpaired) electrons. The van der Waals surface area contributed by atoms with Crippen LogP contribution in [0.15, 0.2) is 12.4 Å². The molecule has 2 aromatic heterocycles. The van der Waals surface area contributed by atoms with Crippen molar-refractivity contribution in [2.45, 2.75) is 20.4 Å². The summed E-state index contributed by atoms with van der Waals surface area (Å²) >= 11 is 0. The fourth-order valence-electron chi connectivity index (χ4n) is 1.57. The van der Waals surface area contributed by atoms with Crippen molar-refractivity contribution in [1.29, 1.82) is 0 Å². The summed E-state index contributed by atoms with van der Waals surface area (Å²) < 4.78 is 1.78. The van der Waals surface area contributed by atoms with Crippen LogP contribution in [0.25, 0.3) is 0 Å². The number of aromatic nitrogens is 4. The number of nitrogens with one attached hydrogen (secondary N) is 2. The third kappa shape index (κ3) is 2.20. The Morgan fingerprint density at radius 3 is 2.76 bits per heavy atom. The predicted octanol–water partition coefficient (Wildman–Crippen LogP) is 0.690. The Labute approximate surface area is 99.0 Å². The van der Waals surface area contributed by atoms with Gasteiger partial charge in [-0.2, -0.15) is 10.2 Å². The van der Waals surface area contributed by atoms with E-state index in [1.165, 1.54) is 6.20 Å². The van der Waals surface area contributed by atoms with Gasteiger partial charge in [-0.3, -0.25) is 14.6 Å². The van der Waals surface area contributed by atoms with Crippen molar-refractivity contribution in [3.63, 3.8) is 0 Å².